The second kappa shape index (κ2) is 2.59. The fraction of sp³-hybridized carbons (Fsp3) is 0.333. The summed E-state index contributed by atoms with van der Waals surface area (Å²) >= 11 is 0. The van der Waals surface area contributed by atoms with E-state index in [-0.39, 0.29) is 0 Å². The lowest BCUT2D eigenvalue weighted by atomic mass is 10.3. The van der Waals surface area contributed by atoms with E-state index in [4.69, 9.17) is 0 Å². The van der Waals surface area contributed by atoms with Crippen LogP contribution in [-0.4, -0.2) is 14.6 Å². The average Bonchev–Trinajstić information content (AvgIpc) is 2.48. The van der Waals surface area contributed by atoms with Crippen molar-refractivity contribution in [3.63, 3.8) is 0 Å². The first-order chi connectivity index (χ1) is 5.83. The molecule has 0 fully saturated rings. The summed E-state index contributed by atoms with van der Waals surface area (Å²) in [6.07, 6.45) is 1.01. The number of rotatable bonds is 1. The highest BCUT2D eigenvalue weighted by atomic mass is 15.2. The molecule has 12 heavy (non-hydrogen) atoms. The lowest BCUT2D eigenvalue weighted by molar-refractivity contribution is 0.926. The summed E-state index contributed by atoms with van der Waals surface area (Å²) in [6, 6.07) is 6.09. The van der Waals surface area contributed by atoms with Crippen LogP contribution in [0.1, 0.15) is 18.4 Å². The number of aromatic nitrogens is 3. The van der Waals surface area contributed by atoms with Crippen LogP contribution in [0.15, 0.2) is 18.2 Å². The summed E-state index contributed by atoms with van der Waals surface area (Å²) < 4.78 is 2.08. The van der Waals surface area contributed by atoms with Gasteiger partial charge in [-0.15, -0.1) is 10.2 Å². The van der Waals surface area contributed by atoms with Crippen molar-refractivity contribution in [3.8, 4) is 0 Å². The lowest BCUT2D eigenvalue weighted by Gasteiger charge is -2.01. The Morgan fingerprint density at radius 1 is 1.33 bits per heavy atom. The molecule has 3 nitrogen and oxygen atoms in total. The first kappa shape index (κ1) is 7.28. The normalized spacial score (nSPS) is 10.8. The van der Waals surface area contributed by atoms with Crippen LogP contribution in [0.5, 0.6) is 0 Å². The third-order valence-corrected chi connectivity index (χ3v) is 2.03. The molecule has 62 valence electrons. The number of nitrogens with zero attached hydrogens (tertiary/aromatic N) is 3. The van der Waals surface area contributed by atoms with E-state index in [1.54, 1.807) is 0 Å². The van der Waals surface area contributed by atoms with Crippen LogP contribution in [0.3, 0.4) is 0 Å². The molecule has 0 aliphatic rings. The minimum atomic E-state index is 0.937. The van der Waals surface area contributed by atoms with Gasteiger partial charge < -0.3 is 0 Å². The topological polar surface area (TPSA) is 30.2 Å². The summed E-state index contributed by atoms with van der Waals surface area (Å²) in [7, 11) is 0. The third kappa shape index (κ3) is 0.897. The molecule has 0 saturated heterocycles. The molecule has 2 aromatic rings. The second-order valence-electron chi connectivity index (χ2n) is 2.81. The van der Waals surface area contributed by atoms with Gasteiger partial charge in [0.05, 0.1) is 0 Å². The molecule has 0 spiro atoms. The number of pyridine rings is 1. The quantitative estimate of drug-likeness (QED) is 0.636. The fourth-order valence-electron chi connectivity index (χ4n) is 1.44. The van der Waals surface area contributed by atoms with Gasteiger partial charge >= 0.3 is 0 Å². The molecule has 0 atom stereocenters. The molecule has 3 heteroatoms. The van der Waals surface area contributed by atoms with Crippen molar-refractivity contribution in [1.29, 1.82) is 0 Å². The molecule has 0 aromatic carbocycles. The third-order valence-electron chi connectivity index (χ3n) is 2.03. The second-order valence-corrected chi connectivity index (χ2v) is 2.81. The van der Waals surface area contributed by atoms with E-state index in [1.165, 1.54) is 5.69 Å². The molecule has 0 aliphatic carbocycles. The SMILES string of the molecule is CCc1cccc2nnc(C)n12. The van der Waals surface area contributed by atoms with Crippen LogP contribution in [-0.2, 0) is 6.42 Å². The van der Waals surface area contributed by atoms with Gasteiger partial charge in [-0.05, 0) is 25.5 Å². The van der Waals surface area contributed by atoms with Gasteiger partial charge in [0.15, 0.2) is 5.65 Å². The number of fused-ring (bicyclic) bond motifs is 1. The summed E-state index contributed by atoms with van der Waals surface area (Å²) in [4.78, 5) is 0. The smallest absolute Gasteiger partial charge is 0.160 e. The van der Waals surface area contributed by atoms with Crippen molar-refractivity contribution in [2.45, 2.75) is 20.3 Å². The Hall–Kier alpha value is -1.38. The predicted molar refractivity (Wildman–Crippen MR) is 47.1 cm³/mol. The minimum Gasteiger partial charge on any atom is -0.284 e. The van der Waals surface area contributed by atoms with Crippen molar-refractivity contribution in [2.24, 2.45) is 0 Å². The van der Waals surface area contributed by atoms with E-state index in [2.05, 4.69) is 27.6 Å². The van der Waals surface area contributed by atoms with Crippen molar-refractivity contribution < 1.29 is 0 Å². The Bertz CT molecular complexity index is 403. The lowest BCUT2D eigenvalue weighted by Crippen LogP contribution is -1.96. The Kier molecular flexibility index (Phi) is 1.57. The molecular formula is C9H11N3. The predicted octanol–water partition coefficient (Wildman–Crippen LogP) is 1.60. The Labute approximate surface area is 71.1 Å². The van der Waals surface area contributed by atoms with Crippen molar-refractivity contribution in [1.82, 2.24) is 14.6 Å². The Morgan fingerprint density at radius 2 is 2.17 bits per heavy atom. The molecule has 2 aromatic heterocycles. The fourth-order valence-corrected chi connectivity index (χ4v) is 1.44. The average molecular weight is 161 g/mol. The van der Waals surface area contributed by atoms with E-state index in [1.807, 2.05) is 19.1 Å². The Balaban J connectivity index is 2.84. The van der Waals surface area contributed by atoms with E-state index in [0.29, 0.717) is 0 Å². The molecule has 0 bridgehead atoms. The van der Waals surface area contributed by atoms with Crippen molar-refractivity contribution in [3.05, 3.63) is 29.7 Å². The molecule has 0 N–H and O–H groups in total. The van der Waals surface area contributed by atoms with Crippen molar-refractivity contribution >= 4 is 5.65 Å². The number of hydrogen-bond donors (Lipinski definition) is 0. The number of hydrogen-bond acceptors (Lipinski definition) is 2. The maximum Gasteiger partial charge on any atom is 0.160 e. The van der Waals surface area contributed by atoms with Crippen molar-refractivity contribution in [2.75, 3.05) is 0 Å². The van der Waals surface area contributed by atoms with Gasteiger partial charge in [0, 0.05) is 5.69 Å². The maximum atomic E-state index is 4.04. The zero-order valence-corrected chi connectivity index (χ0v) is 7.28. The zero-order valence-electron chi connectivity index (χ0n) is 7.28. The molecule has 0 saturated carbocycles. The van der Waals surface area contributed by atoms with Crippen LogP contribution < -0.4 is 0 Å². The monoisotopic (exact) mass is 161 g/mol. The summed E-state index contributed by atoms with van der Waals surface area (Å²) in [5.74, 6) is 0.961. The highest BCUT2D eigenvalue weighted by Crippen LogP contribution is 2.07. The van der Waals surface area contributed by atoms with Crippen LogP contribution in [0.2, 0.25) is 0 Å². The maximum absolute atomic E-state index is 4.04. The van der Waals surface area contributed by atoms with Crippen LogP contribution in [0, 0.1) is 6.92 Å². The van der Waals surface area contributed by atoms with Gasteiger partial charge in [-0.1, -0.05) is 13.0 Å². The van der Waals surface area contributed by atoms with Crippen LogP contribution in [0.4, 0.5) is 0 Å². The van der Waals surface area contributed by atoms with Gasteiger partial charge in [0.1, 0.15) is 5.82 Å². The molecule has 0 amide bonds. The molecule has 0 aliphatic heterocycles. The van der Waals surface area contributed by atoms with E-state index < -0.39 is 0 Å². The zero-order chi connectivity index (χ0) is 8.55. The van der Waals surface area contributed by atoms with E-state index >= 15 is 0 Å². The highest BCUT2D eigenvalue weighted by molar-refractivity contribution is 5.39. The molecule has 0 radical (unpaired) electrons. The first-order valence-corrected chi connectivity index (χ1v) is 4.12. The molecular weight excluding hydrogens is 150 g/mol. The van der Waals surface area contributed by atoms with Gasteiger partial charge in [-0.25, -0.2) is 0 Å². The standard InChI is InChI=1S/C9H11N3/c1-3-8-5-4-6-9-11-10-7(2)12(8)9/h4-6H,3H2,1-2H3. The van der Waals surface area contributed by atoms with E-state index in [9.17, 15) is 0 Å². The summed E-state index contributed by atoms with van der Waals surface area (Å²) in [5, 5.41) is 8.06. The highest BCUT2D eigenvalue weighted by Gasteiger charge is 2.02. The van der Waals surface area contributed by atoms with Crippen LogP contribution in [0.25, 0.3) is 5.65 Å². The Morgan fingerprint density at radius 3 is 2.92 bits per heavy atom. The first-order valence-electron chi connectivity index (χ1n) is 4.12. The van der Waals surface area contributed by atoms with Crippen LogP contribution >= 0.6 is 0 Å². The van der Waals surface area contributed by atoms with Gasteiger partial charge in [0.2, 0.25) is 0 Å². The minimum absolute atomic E-state index is 0.937. The van der Waals surface area contributed by atoms with Gasteiger partial charge in [-0.2, -0.15) is 0 Å². The largest absolute Gasteiger partial charge is 0.284 e. The molecule has 2 heterocycles. The number of aryl methyl sites for hydroxylation is 2. The molecule has 0 unspecified atom stereocenters. The van der Waals surface area contributed by atoms with Gasteiger partial charge in [-0.3, -0.25) is 4.40 Å². The van der Waals surface area contributed by atoms with Gasteiger partial charge in [0.25, 0.3) is 0 Å². The van der Waals surface area contributed by atoms with E-state index in [0.717, 1.165) is 17.9 Å². The summed E-state index contributed by atoms with van der Waals surface area (Å²) in [5.41, 5.74) is 2.20. The molecule has 2 rings (SSSR count). The summed E-state index contributed by atoms with van der Waals surface area (Å²) in [6.45, 7) is 4.10.